The third-order valence-corrected chi connectivity index (χ3v) is 4.37. The van der Waals surface area contributed by atoms with E-state index in [9.17, 15) is 9.18 Å². The fourth-order valence-corrected chi connectivity index (χ4v) is 2.88. The Morgan fingerprint density at radius 1 is 1.11 bits per heavy atom. The first kappa shape index (κ1) is 18.2. The summed E-state index contributed by atoms with van der Waals surface area (Å²) in [5.74, 6) is 0.796. The lowest BCUT2D eigenvalue weighted by Crippen LogP contribution is -2.22. The van der Waals surface area contributed by atoms with Crippen molar-refractivity contribution in [3.8, 4) is 5.75 Å². The van der Waals surface area contributed by atoms with Crippen LogP contribution in [0.5, 0.6) is 5.75 Å². The Balaban J connectivity index is 1.33. The number of nitrogens with one attached hydrogen (secondary N) is 1. The molecular weight excluding hydrogens is 431 g/mol. The lowest BCUT2D eigenvalue weighted by atomic mass is 10.3. The van der Waals surface area contributed by atoms with Gasteiger partial charge in [-0.2, -0.15) is 0 Å². The Morgan fingerprint density at radius 2 is 1.93 bits per heavy atom. The molecule has 1 amide bonds. The highest BCUT2D eigenvalue weighted by Gasteiger charge is 2.13. The number of furan rings is 1. The maximum absolute atomic E-state index is 12.9. The van der Waals surface area contributed by atoms with Crippen LogP contribution in [-0.2, 0) is 13.2 Å². The number of carbonyl (C=O) groups is 1. The highest BCUT2D eigenvalue weighted by molar-refractivity contribution is 9.10. The van der Waals surface area contributed by atoms with Crippen molar-refractivity contribution in [2.75, 3.05) is 0 Å². The molecule has 4 aromatic rings. The Morgan fingerprint density at radius 3 is 2.75 bits per heavy atom. The zero-order valence-electron chi connectivity index (χ0n) is 14.4. The summed E-state index contributed by atoms with van der Waals surface area (Å²) in [4.78, 5) is 16.6. The number of rotatable bonds is 6. The summed E-state index contributed by atoms with van der Waals surface area (Å²) in [7, 11) is 0. The number of halogens is 2. The second-order valence-electron chi connectivity index (χ2n) is 5.91. The van der Waals surface area contributed by atoms with Gasteiger partial charge >= 0.3 is 0 Å². The summed E-state index contributed by atoms with van der Waals surface area (Å²) in [6.45, 7) is 0.256. The minimum absolute atomic E-state index is 0.124. The number of ether oxygens (including phenoxy) is 1. The van der Waals surface area contributed by atoms with Gasteiger partial charge < -0.3 is 18.9 Å². The minimum Gasteiger partial charge on any atom is -0.486 e. The van der Waals surface area contributed by atoms with Gasteiger partial charge in [-0.15, -0.1) is 0 Å². The summed E-state index contributed by atoms with van der Waals surface area (Å²) < 4.78 is 30.3. The Bertz CT molecular complexity index is 1120. The molecule has 0 unspecified atom stereocenters. The molecule has 0 spiro atoms. The van der Waals surface area contributed by atoms with E-state index in [1.807, 2.05) is 12.1 Å². The number of benzene rings is 2. The van der Waals surface area contributed by atoms with E-state index in [-0.39, 0.29) is 24.7 Å². The SMILES string of the molecule is O=C(NCc1nc2cc(Br)ccc2o1)c1ccc(COc2ccc(F)cc2)o1. The molecule has 142 valence electrons. The average Bonchev–Trinajstić information content (AvgIpc) is 3.32. The standard InChI is InChI=1S/C20H14BrFN2O4/c21-12-1-7-17-16(9-12)24-19(28-17)10-23-20(25)18-8-6-15(27-18)11-26-14-4-2-13(22)3-5-14/h1-9H,10-11H2,(H,23,25). The third-order valence-electron chi connectivity index (χ3n) is 3.87. The quantitative estimate of drug-likeness (QED) is 0.460. The maximum Gasteiger partial charge on any atom is 0.287 e. The molecule has 0 aliphatic carbocycles. The second-order valence-corrected chi connectivity index (χ2v) is 6.83. The summed E-state index contributed by atoms with van der Waals surface area (Å²) >= 11 is 3.38. The number of fused-ring (bicyclic) bond motifs is 1. The number of carbonyl (C=O) groups excluding carboxylic acids is 1. The molecule has 0 atom stereocenters. The number of oxazole rings is 1. The smallest absolute Gasteiger partial charge is 0.287 e. The molecule has 0 bridgehead atoms. The third kappa shape index (κ3) is 4.23. The molecule has 28 heavy (non-hydrogen) atoms. The maximum atomic E-state index is 12.9. The lowest BCUT2D eigenvalue weighted by Gasteiger charge is -2.03. The van der Waals surface area contributed by atoms with Crippen LogP contribution in [0.2, 0.25) is 0 Å². The molecule has 4 rings (SSSR count). The van der Waals surface area contributed by atoms with Crippen LogP contribution in [0.25, 0.3) is 11.1 Å². The first-order valence-electron chi connectivity index (χ1n) is 8.37. The topological polar surface area (TPSA) is 77.5 Å². The van der Waals surface area contributed by atoms with Gasteiger partial charge in [0.1, 0.15) is 29.5 Å². The second kappa shape index (κ2) is 7.85. The van der Waals surface area contributed by atoms with Crippen LogP contribution in [-0.4, -0.2) is 10.9 Å². The van der Waals surface area contributed by atoms with Crippen LogP contribution < -0.4 is 10.1 Å². The first-order chi connectivity index (χ1) is 13.6. The van der Waals surface area contributed by atoms with Crippen LogP contribution >= 0.6 is 15.9 Å². The van der Waals surface area contributed by atoms with Gasteiger partial charge in [-0.1, -0.05) is 15.9 Å². The normalized spacial score (nSPS) is 10.9. The van der Waals surface area contributed by atoms with Crippen molar-refractivity contribution in [2.24, 2.45) is 0 Å². The number of hydrogen-bond donors (Lipinski definition) is 1. The molecule has 0 fully saturated rings. The Hall–Kier alpha value is -3.13. The van der Waals surface area contributed by atoms with Crippen molar-refractivity contribution in [1.29, 1.82) is 0 Å². The molecule has 2 aromatic carbocycles. The van der Waals surface area contributed by atoms with E-state index in [0.29, 0.717) is 28.5 Å². The molecule has 2 heterocycles. The fourth-order valence-electron chi connectivity index (χ4n) is 2.53. The highest BCUT2D eigenvalue weighted by atomic mass is 79.9. The highest BCUT2D eigenvalue weighted by Crippen LogP contribution is 2.20. The van der Waals surface area contributed by atoms with Crippen molar-refractivity contribution < 1.29 is 22.8 Å². The number of nitrogens with zero attached hydrogens (tertiary/aromatic N) is 1. The summed E-state index contributed by atoms with van der Waals surface area (Å²) in [6.07, 6.45) is 0. The average molecular weight is 445 g/mol. The van der Waals surface area contributed by atoms with Crippen LogP contribution in [0.3, 0.4) is 0 Å². The van der Waals surface area contributed by atoms with Crippen molar-refractivity contribution in [3.05, 3.63) is 82.3 Å². The predicted octanol–water partition coefficient (Wildman–Crippen LogP) is 4.83. The zero-order valence-corrected chi connectivity index (χ0v) is 16.0. The summed E-state index contributed by atoms with van der Waals surface area (Å²) in [6, 6.07) is 14.4. The zero-order chi connectivity index (χ0) is 19.5. The molecule has 2 aromatic heterocycles. The number of amides is 1. The monoisotopic (exact) mass is 444 g/mol. The molecular formula is C20H14BrFN2O4. The van der Waals surface area contributed by atoms with Crippen LogP contribution in [0.1, 0.15) is 22.2 Å². The number of hydrogen-bond acceptors (Lipinski definition) is 5. The van der Waals surface area contributed by atoms with Gasteiger partial charge in [-0.3, -0.25) is 4.79 Å². The van der Waals surface area contributed by atoms with E-state index in [2.05, 4.69) is 26.2 Å². The van der Waals surface area contributed by atoms with Crippen LogP contribution in [0, 0.1) is 5.82 Å². The van der Waals surface area contributed by atoms with Gasteiger partial charge in [0.15, 0.2) is 11.3 Å². The molecule has 0 saturated heterocycles. The van der Waals surface area contributed by atoms with Crippen molar-refractivity contribution in [3.63, 3.8) is 0 Å². The van der Waals surface area contributed by atoms with Gasteiger partial charge in [0, 0.05) is 4.47 Å². The van der Waals surface area contributed by atoms with E-state index < -0.39 is 5.91 Å². The number of aromatic nitrogens is 1. The van der Waals surface area contributed by atoms with Gasteiger partial charge in [0.05, 0.1) is 6.54 Å². The van der Waals surface area contributed by atoms with Gasteiger partial charge in [0.2, 0.25) is 5.89 Å². The molecule has 1 N–H and O–H groups in total. The predicted molar refractivity (Wildman–Crippen MR) is 102 cm³/mol. The molecule has 0 aliphatic heterocycles. The molecule has 0 aliphatic rings. The van der Waals surface area contributed by atoms with Crippen molar-refractivity contribution in [1.82, 2.24) is 10.3 Å². The van der Waals surface area contributed by atoms with E-state index in [1.165, 1.54) is 24.3 Å². The van der Waals surface area contributed by atoms with Gasteiger partial charge in [-0.25, -0.2) is 9.37 Å². The largest absolute Gasteiger partial charge is 0.486 e. The van der Waals surface area contributed by atoms with Crippen molar-refractivity contribution in [2.45, 2.75) is 13.2 Å². The Labute approximate surface area is 167 Å². The summed E-state index contributed by atoms with van der Waals surface area (Å²) in [5.41, 5.74) is 1.35. The molecule has 8 heteroatoms. The van der Waals surface area contributed by atoms with E-state index in [1.54, 1.807) is 18.2 Å². The Kier molecular flexibility index (Phi) is 5.12. The van der Waals surface area contributed by atoms with Crippen LogP contribution in [0.4, 0.5) is 4.39 Å². The van der Waals surface area contributed by atoms with Gasteiger partial charge in [0.25, 0.3) is 5.91 Å². The van der Waals surface area contributed by atoms with E-state index >= 15 is 0 Å². The minimum atomic E-state index is -0.392. The summed E-state index contributed by atoms with van der Waals surface area (Å²) in [5, 5.41) is 2.70. The van der Waals surface area contributed by atoms with E-state index in [4.69, 9.17) is 13.6 Å². The van der Waals surface area contributed by atoms with E-state index in [0.717, 1.165) is 4.47 Å². The van der Waals surface area contributed by atoms with Crippen molar-refractivity contribution >= 4 is 32.9 Å². The van der Waals surface area contributed by atoms with Gasteiger partial charge in [-0.05, 0) is 54.6 Å². The fraction of sp³-hybridized carbons (Fsp3) is 0.100. The molecule has 0 radical (unpaired) electrons. The molecule has 0 saturated carbocycles. The first-order valence-corrected chi connectivity index (χ1v) is 9.16. The lowest BCUT2D eigenvalue weighted by molar-refractivity contribution is 0.0915. The molecule has 6 nitrogen and oxygen atoms in total. The van der Waals surface area contributed by atoms with Crippen LogP contribution in [0.15, 0.2) is 67.9 Å².